The van der Waals surface area contributed by atoms with Gasteiger partial charge >= 0.3 is 5.97 Å². The highest BCUT2D eigenvalue weighted by atomic mass is 19.1. The van der Waals surface area contributed by atoms with Crippen molar-refractivity contribution in [1.29, 1.82) is 0 Å². The van der Waals surface area contributed by atoms with Gasteiger partial charge in [-0.1, -0.05) is 12.1 Å². The summed E-state index contributed by atoms with van der Waals surface area (Å²) in [4.78, 5) is 21.0. The molecule has 1 aromatic carbocycles. The van der Waals surface area contributed by atoms with E-state index in [1.54, 1.807) is 35.4 Å². The van der Waals surface area contributed by atoms with Crippen LogP contribution < -0.4 is 0 Å². The topological polar surface area (TPSA) is 80.9 Å². The van der Waals surface area contributed by atoms with Crippen LogP contribution in [-0.4, -0.2) is 30.8 Å². The molecule has 0 unspecified atom stereocenters. The van der Waals surface area contributed by atoms with Crippen LogP contribution >= 0.6 is 0 Å². The largest absolute Gasteiger partial charge is 0.478 e. The van der Waals surface area contributed by atoms with Crippen molar-refractivity contribution in [2.24, 2.45) is 0 Å². The van der Waals surface area contributed by atoms with Crippen LogP contribution in [0.4, 0.5) is 4.39 Å². The molecule has 0 aliphatic rings. The third-order valence-electron chi connectivity index (χ3n) is 4.59. The van der Waals surface area contributed by atoms with E-state index >= 15 is 0 Å². The minimum absolute atomic E-state index is 0.0688. The zero-order valence-corrected chi connectivity index (χ0v) is 15.3. The van der Waals surface area contributed by atoms with Gasteiger partial charge in [0.1, 0.15) is 5.82 Å². The maximum Gasteiger partial charge on any atom is 0.338 e. The summed E-state index contributed by atoms with van der Waals surface area (Å²) in [7, 11) is 0. The smallest absolute Gasteiger partial charge is 0.338 e. The second-order valence-corrected chi connectivity index (χ2v) is 6.44. The standard InChI is InChI=1S/C21H17FN4O2/c1-3-26-20-15(11-24-26)17(13-8-12(2)9-23-10-13)18(21(27)28)19(25-20)14-6-4-5-7-16(14)22/h4-11H,3H2,1-2H3,(H,27,28). The molecule has 4 rings (SSSR count). The summed E-state index contributed by atoms with van der Waals surface area (Å²) in [5, 5.41) is 15.0. The van der Waals surface area contributed by atoms with Gasteiger partial charge in [-0.25, -0.2) is 18.9 Å². The number of nitrogens with zero attached hydrogens (tertiary/aromatic N) is 4. The van der Waals surface area contributed by atoms with Gasteiger partial charge < -0.3 is 5.11 Å². The van der Waals surface area contributed by atoms with Crippen molar-refractivity contribution in [2.45, 2.75) is 20.4 Å². The van der Waals surface area contributed by atoms with Crippen LogP contribution in [0.2, 0.25) is 0 Å². The van der Waals surface area contributed by atoms with Crippen molar-refractivity contribution in [3.8, 4) is 22.4 Å². The van der Waals surface area contributed by atoms with E-state index in [4.69, 9.17) is 0 Å². The molecule has 7 heteroatoms. The Kier molecular flexibility index (Phi) is 4.35. The van der Waals surface area contributed by atoms with E-state index in [0.717, 1.165) is 5.56 Å². The number of carboxylic acids is 1. The summed E-state index contributed by atoms with van der Waals surface area (Å²) >= 11 is 0. The minimum atomic E-state index is -1.19. The van der Waals surface area contributed by atoms with Crippen LogP contribution in [0.15, 0.2) is 48.9 Å². The quantitative estimate of drug-likeness (QED) is 0.573. The average molecular weight is 376 g/mol. The first-order chi connectivity index (χ1) is 13.5. The highest BCUT2D eigenvalue weighted by Crippen LogP contribution is 2.37. The fraction of sp³-hybridized carbons (Fsp3) is 0.143. The maximum atomic E-state index is 14.6. The van der Waals surface area contributed by atoms with Gasteiger partial charge in [-0.2, -0.15) is 5.10 Å². The normalized spacial score (nSPS) is 11.1. The Hall–Kier alpha value is -3.61. The molecule has 4 aromatic rings. The number of hydrogen-bond donors (Lipinski definition) is 1. The van der Waals surface area contributed by atoms with E-state index in [-0.39, 0.29) is 16.8 Å². The van der Waals surface area contributed by atoms with E-state index in [1.165, 1.54) is 12.1 Å². The molecule has 0 fully saturated rings. The van der Waals surface area contributed by atoms with E-state index in [0.29, 0.717) is 28.7 Å². The molecule has 3 heterocycles. The SMILES string of the molecule is CCn1ncc2c(-c3cncc(C)c3)c(C(=O)O)c(-c3ccccc3F)nc21. The maximum absolute atomic E-state index is 14.6. The minimum Gasteiger partial charge on any atom is -0.478 e. The molecule has 0 saturated carbocycles. The van der Waals surface area contributed by atoms with E-state index in [1.807, 2.05) is 19.9 Å². The number of benzene rings is 1. The molecular weight excluding hydrogens is 359 g/mol. The number of aromatic nitrogens is 4. The molecule has 0 saturated heterocycles. The molecular formula is C21H17FN4O2. The number of carboxylic acid groups (broad SMARTS) is 1. The number of carbonyl (C=O) groups is 1. The molecule has 1 N–H and O–H groups in total. The van der Waals surface area contributed by atoms with Gasteiger partial charge in [-0.15, -0.1) is 0 Å². The predicted molar refractivity (Wildman–Crippen MR) is 104 cm³/mol. The number of pyridine rings is 2. The highest BCUT2D eigenvalue weighted by Gasteiger charge is 2.26. The number of halogens is 1. The molecule has 0 bridgehead atoms. The van der Waals surface area contributed by atoms with Crippen molar-refractivity contribution in [2.75, 3.05) is 0 Å². The fourth-order valence-corrected chi connectivity index (χ4v) is 3.37. The van der Waals surface area contributed by atoms with E-state index in [2.05, 4.69) is 15.1 Å². The Morgan fingerprint density at radius 2 is 2.00 bits per heavy atom. The number of hydrogen-bond acceptors (Lipinski definition) is 4. The van der Waals surface area contributed by atoms with Gasteiger partial charge in [0, 0.05) is 41.0 Å². The van der Waals surface area contributed by atoms with Gasteiger partial charge in [-0.3, -0.25) is 4.98 Å². The number of rotatable bonds is 4. The van der Waals surface area contributed by atoms with Crippen LogP contribution in [0.25, 0.3) is 33.4 Å². The lowest BCUT2D eigenvalue weighted by molar-refractivity contribution is 0.0698. The van der Waals surface area contributed by atoms with E-state index in [9.17, 15) is 14.3 Å². The molecule has 0 amide bonds. The number of aromatic carboxylic acids is 1. The third-order valence-corrected chi connectivity index (χ3v) is 4.59. The average Bonchev–Trinajstić information content (AvgIpc) is 3.09. The van der Waals surface area contributed by atoms with Crippen LogP contribution in [0, 0.1) is 12.7 Å². The fourth-order valence-electron chi connectivity index (χ4n) is 3.37. The molecule has 0 spiro atoms. The molecule has 3 aromatic heterocycles. The van der Waals surface area contributed by atoms with Crippen LogP contribution in [0.3, 0.4) is 0 Å². The first-order valence-electron chi connectivity index (χ1n) is 8.81. The van der Waals surface area contributed by atoms with Gasteiger partial charge in [-0.05, 0) is 37.6 Å². The first kappa shape index (κ1) is 17.8. The summed E-state index contributed by atoms with van der Waals surface area (Å²) in [5.41, 5.74) is 2.58. The lowest BCUT2D eigenvalue weighted by atomic mass is 9.94. The summed E-state index contributed by atoms with van der Waals surface area (Å²) < 4.78 is 16.2. The molecule has 140 valence electrons. The van der Waals surface area contributed by atoms with E-state index < -0.39 is 11.8 Å². The van der Waals surface area contributed by atoms with Crippen molar-refractivity contribution in [1.82, 2.24) is 19.7 Å². The summed E-state index contributed by atoms with van der Waals surface area (Å²) in [5.74, 6) is -1.72. The molecule has 0 atom stereocenters. The Morgan fingerprint density at radius 3 is 2.68 bits per heavy atom. The van der Waals surface area contributed by atoms with Crippen molar-refractivity contribution in [3.05, 3.63) is 65.9 Å². The van der Waals surface area contributed by atoms with Crippen LogP contribution in [0.5, 0.6) is 0 Å². The Labute approximate surface area is 160 Å². The lowest BCUT2D eigenvalue weighted by Gasteiger charge is -2.14. The zero-order chi connectivity index (χ0) is 19.8. The molecule has 28 heavy (non-hydrogen) atoms. The monoisotopic (exact) mass is 376 g/mol. The first-order valence-corrected chi connectivity index (χ1v) is 8.81. The Morgan fingerprint density at radius 1 is 1.21 bits per heavy atom. The lowest BCUT2D eigenvalue weighted by Crippen LogP contribution is -2.08. The molecule has 0 aliphatic carbocycles. The highest BCUT2D eigenvalue weighted by molar-refractivity contribution is 6.10. The molecule has 0 radical (unpaired) electrons. The second kappa shape index (κ2) is 6.84. The molecule has 6 nitrogen and oxygen atoms in total. The molecule has 0 aliphatic heterocycles. The van der Waals surface area contributed by atoms with Gasteiger partial charge in [0.05, 0.1) is 17.5 Å². The Balaban J connectivity index is 2.20. The third kappa shape index (κ3) is 2.81. The van der Waals surface area contributed by atoms with Gasteiger partial charge in [0.2, 0.25) is 0 Å². The van der Waals surface area contributed by atoms with Crippen molar-refractivity contribution in [3.63, 3.8) is 0 Å². The van der Waals surface area contributed by atoms with Crippen molar-refractivity contribution >= 4 is 17.0 Å². The van der Waals surface area contributed by atoms with Gasteiger partial charge in [0.15, 0.2) is 5.65 Å². The van der Waals surface area contributed by atoms with Crippen molar-refractivity contribution < 1.29 is 14.3 Å². The summed E-state index contributed by atoms with van der Waals surface area (Å²) in [6, 6.07) is 7.88. The number of fused-ring (bicyclic) bond motifs is 1. The summed E-state index contributed by atoms with van der Waals surface area (Å²) in [6.07, 6.45) is 4.89. The van der Waals surface area contributed by atoms with Crippen LogP contribution in [0.1, 0.15) is 22.8 Å². The van der Waals surface area contributed by atoms with Crippen LogP contribution in [-0.2, 0) is 6.54 Å². The Bertz CT molecular complexity index is 1220. The number of aryl methyl sites for hydroxylation is 2. The second-order valence-electron chi connectivity index (χ2n) is 6.44. The van der Waals surface area contributed by atoms with Gasteiger partial charge in [0.25, 0.3) is 0 Å². The zero-order valence-electron chi connectivity index (χ0n) is 15.3. The predicted octanol–water partition coefficient (Wildman–Crippen LogP) is 4.33. The summed E-state index contributed by atoms with van der Waals surface area (Å²) in [6.45, 7) is 4.34.